The highest BCUT2D eigenvalue weighted by molar-refractivity contribution is 6.15. The standard InChI is InChI=1S/C16H10F3NO2/c17-16(18,19)14-4-1-9(8-20-14)5-11-6-10-7-12(21)2-3-13(10)15(11)22/h1-5,7-8,21H,6H2/b11-5+. The summed E-state index contributed by atoms with van der Waals surface area (Å²) in [4.78, 5) is 15.5. The number of hydrogen-bond acceptors (Lipinski definition) is 3. The van der Waals surface area contributed by atoms with Crippen molar-refractivity contribution in [1.82, 2.24) is 4.98 Å². The van der Waals surface area contributed by atoms with E-state index in [1.807, 2.05) is 0 Å². The van der Waals surface area contributed by atoms with Gasteiger partial charge >= 0.3 is 6.18 Å². The molecule has 3 nitrogen and oxygen atoms in total. The van der Waals surface area contributed by atoms with Crippen LogP contribution < -0.4 is 0 Å². The molecule has 0 spiro atoms. The summed E-state index contributed by atoms with van der Waals surface area (Å²) in [6.07, 6.45) is -1.54. The average molecular weight is 305 g/mol. The number of ketones is 1. The van der Waals surface area contributed by atoms with Crippen LogP contribution in [0.5, 0.6) is 5.75 Å². The summed E-state index contributed by atoms with van der Waals surface area (Å²) >= 11 is 0. The Kier molecular flexibility index (Phi) is 3.24. The van der Waals surface area contributed by atoms with Gasteiger partial charge in [-0.25, -0.2) is 0 Å². The van der Waals surface area contributed by atoms with Crippen LogP contribution in [-0.2, 0) is 12.6 Å². The van der Waals surface area contributed by atoms with Gasteiger partial charge in [-0.1, -0.05) is 6.07 Å². The van der Waals surface area contributed by atoms with E-state index in [2.05, 4.69) is 4.98 Å². The fourth-order valence-electron chi connectivity index (χ4n) is 2.38. The molecule has 1 aromatic carbocycles. The van der Waals surface area contributed by atoms with E-state index < -0.39 is 11.9 Å². The van der Waals surface area contributed by atoms with Crippen LogP contribution in [0.1, 0.15) is 27.2 Å². The van der Waals surface area contributed by atoms with Crippen LogP contribution >= 0.6 is 0 Å². The zero-order valence-electron chi connectivity index (χ0n) is 11.2. The molecule has 1 heterocycles. The lowest BCUT2D eigenvalue weighted by atomic mass is 10.1. The second kappa shape index (κ2) is 4.98. The summed E-state index contributed by atoms with van der Waals surface area (Å²) in [5.74, 6) is -0.112. The van der Waals surface area contributed by atoms with Crippen LogP contribution in [0.3, 0.4) is 0 Å². The summed E-state index contributed by atoms with van der Waals surface area (Å²) in [5.41, 5.74) is 1.12. The number of halogens is 3. The third-order valence-corrected chi connectivity index (χ3v) is 3.42. The number of Topliss-reactive ketones (excluding diaryl/α,β-unsaturated/α-hetero) is 1. The Balaban J connectivity index is 1.90. The second-order valence-electron chi connectivity index (χ2n) is 4.99. The number of allylic oxidation sites excluding steroid dienone is 1. The number of aromatic hydroxyl groups is 1. The molecule has 2 aromatic rings. The van der Waals surface area contributed by atoms with Crippen LogP contribution in [0.2, 0.25) is 0 Å². The number of aromatic nitrogens is 1. The predicted octanol–water partition coefficient (Wildman–Crippen LogP) is 3.63. The number of phenolic OH excluding ortho intramolecular Hbond substituents is 1. The van der Waals surface area contributed by atoms with Crippen LogP contribution in [0.25, 0.3) is 6.08 Å². The molecular weight excluding hydrogens is 295 g/mol. The van der Waals surface area contributed by atoms with Crippen LogP contribution in [0.4, 0.5) is 13.2 Å². The van der Waals surface area contributed by atoms with Crippen LogP contribution in [0.15, 0.2) is 42.1 Å². The first kappa shape index (κ1) is 14.3. The van der Waals surface area contributed by atoms with Gasteiger partial charge in [0.1, 0.15) is 11.4 Å². The molecular formula is C16H10F3NO2. The van der Waals surface area contributed by atoms with Gasteiger partial charge in [-0.15, -0.1) is 0 Å². The van der Waals surface area contributed by atoms with E-state index in [-0.39, 0.29) is 11.5 Å². The van der Waals surface area contributed by atoms with E-state index >= 15 is 0 Å². The van der Waals surface area contributed by atoms with Crippen molar-refractivity contribution in [2.24, 2.45) is 0 Å². The first-order valence-corrected chi connectivity index (χ1v) is 6.45. The molecule has 1 aliphatic rings. The lowest BCUT2D eigenvalue weighted by molar-refractivity contribution is -0.141. The number of pyridine rings is 1. The zero-order valence-corrected chi connectivity index (χ0v) is 11.2. The third kappa shape index (κ3) is 2.59. The highest BCUT2D eigenvalue weighted by Gasteiger charge is 2.32. The molecule has 0 bridgehead atoms. The van der Waals surface area contributed by atoms with Gasteiger partial charge in [0.25, 0.3) is 0 Å². The fraction of sp³-hybridized carbons (Fsp3) is 0.125. The minimum atomic E-state index is -4.48. The Hall–Kier alpha value is -2.63. The average Bonchev–Trinajstić information content (AvgIpc) is 2.74. The summed E-state index contributed by atoms with van der Waals surface area (Å²) in [6.45, 7) is 0. The van der Waals surface area contributed by atoms with Gasteiger partial charge in [-0.3, -0.25) is 9.78 Å². The maximum Gasteiger partial charge on any atom is 0.433 e. The number of benzene rings is 1. The molecule has 6 heteroatoms. The largest absolute Gasteiger partial charge is 0.508 e. The smallest absolute Gasteiger partial charge is 0.433 e. The monoisotopic (exact) mass is 305 g/mol. The van der Waals surface area contributed by atoms with E-state index in [4.69, 9.17) is 0 Å². The maximum absolute atomic E-state index is 12.4. The number of rotatable bonds is 1. The molecule has 0 radical (unpaired) electrons. The molecule has 112 valence electrons. The van der Waals surface area contributed by atoms with Crippen molar-refractivity contribution in [2.75, 3.05) is 0 Å². The summed E-state index contributed by atoms with van der Waals surface area (Å²) in [5, 5.41) is 9.42. The van der Waals surface area contributed by atoms with Gasteiger partial charge < -0.3 is 5.11 Å². The van der Waals surface area contributed by atoms with Crippen molar-refractivity contribution >= 4 is 11.9 Å². The normalized spacial score (nSPS) is 16.1. The number of hydrogen-bond donors (Lipinski definition) is 1. The van der Waals surface area contributed by atoms with E-state index in [0.29, 0.717) is 28.7 Å². The fourth-order valence-corrected chi connectivity index (χ4v) is 2.38. The van der Waals surface area contributed by atoms with E-state index in [1.54, 1.807) is 6.07 Å². The number of carbonyl (C=O) groups excluding carboxylic acids is 1. The van der Waals surface area contributed by atoms with Gasteiger partial charge in [0, 0.05) is 23.8 Å². The molecule has 0 atom stereocenters. The van der Waals surface area contributed by atoms with E-state index in [0.717, 1.165) is 12.3 Å². The molecule has 0 saturated carbocycles. The highest BCUT2D eigenvalue weighted by atomic mass is 19.4. The van der Waals surface area contributed by atoms with Crippen molar-refractivity contribution in [3.8, 4) is 5.75 Å². The van der Waals surface area contributed by atoms with E-state index in [9.17, 15) is 23.1 Å². The lowest BCUT2D eigenvalue weighted by Crippen LogP contribution is -2.07. The molecule has 3 rings (SSSR count). The molecule has 0 aliphatic heterocycles. The third-order valence-electron chi connectivity index (χ3n) is 3.42. The number of fused-ring (bicyclic) bond motifs is 1. The van der Waals surface area contributed by atoms with Gasteiger partial charge in [0.2, 0.25) is 0 Å². The number of carbonyl (C=O) groups is 1. The van der Waals surface area contributed by atoms with Crippen molar-refractivity contribution in [3.05, 3.63) is 64.5 Å². The van der Waals surface area contributed by atoms with Gasteiger partial charge in [-0.2, -0.15) is 13.2 Å². The minimum absolute atomic E-state index is 0.0731. The first-order valence-electron chi connectivity index (χ1n) is 6.45. The van der Waals surface area contributed by atoms with Crippen molar-refractivity contribution < 1.29 is 23.1 Å². The number of nitrogens with zero attached hydrogens (tertiary/aromatic N) is 1. The molecule has 1 aromatic heterocycles. The molecule has 0 saturated heterocycles. The summed E-state index contributed by atoms with van der Waals surface area (Å²) in [6, 6.07) is 6.64. The van der Waals surface area contributed by atoms with Crippen LogP contribution in [0, 0.1) is 0 Å². The molecule has 1 aliphatic carbocycles. The summed E-state index contributed by atoms with van der Waals surface area (Å²) < 4.78 is 37.3. The molecule has 0 fully saturated rings. The Morgan fingerprint density at radius 3 is 2.59 bits per heavy atom. The quantitative estimate of drug-likeness (QED) is 0.819. The van der Waals surface area contributed by atoms with Crippen LogP contribution in [-0.4, -0.2) is 15.9 Å². The first-order chi connectivity index (χ1) is 10.3. The maximum atomic E-state index is 12.4. The van der Waals surface area contributed by atoms with E-state index in [1.165, 1.54) is 24.3 Å². The number of phenols is 1. The molecule has 22 heavy (non-hydrogen) atoms. The Morgan fingerprint density at radius 2 is 1.95 bits per heavy atom. The van der Waals surface area contributed by atoms with Crippen molar-refractivity contribution in [1.29, 1.82) is 0 Å². The van der Waals surface area contributed by atoms with Gasteiger partial charge in [-0.05, 0) is 41.5 Å². The molecule has 0 unspecified atom stereocenters. The lowest BCUT2D eigenvalue weighted by Gasteiger charge is -2.05. The SMILES string of the molecule is O=C1/C(=C/c2ccc(C(F)(F)F)nc2)Cc2cc(O)ccc21. The second-order valence-corrected chi connectivity index (χ2v) is 4.99. The Labute approximate surface area is 123 Å². The van der Waals surface area contributed by atoms with Crippen molar-refractivity contribution in [3.63, 3.8) is 0 Å². The highest BCUT2D eigenvalue weighted by Crippen LogP contribution is 2.31. The number of alkyl halides is 3. The topological polar surface area (TPSA) is 50.2 Å². The Bertz CT molecular complexity index is 777. The zero-order chi connectivity index (χ0) is 15.9. The Morgan fingerprint density at radius 1 is 1.18 bits per heavy atom. The summed E-state index contributed by atoms with van der Waals surface area (Å²) in [7, 11) is 0. The van der Waals surface area contributed by atoms with Gasteiger partial charge in [0.15, 0.2) is 5.78 Å². The molecule has 1 N–H and O–H groups in total. The minimum Gasteiger partial charge on any atom is -0.508 e. The molecule has 0 amide bonds. The van der Waals surface area contributed by atoms with Crippen molar-refractivity contribution in [2.45, 2.75) is 12.6 Å². The van der Waals surface area contributed by atoms with Gasteiger partial charge in [0.05, 0.1) is 0 Å². The predicted molar refractivity (Wildman–Crippen MR) is 73.4 cm³/mol.